The van der Waals surface area contributed by atoms with Crippen molar-refractivity contribution >= 4 is 11.3 Å². The number of nitrogens with one attached hydrogen (secondary N) is 1. The van der Waals surface area contributed by atoms with Crippen LogP contribution in [0.25, 0.3) is 0 Å². The molecule has 1 N–H and O–H groups in total. The third-order valence-electron chi connectivity index (χ3n) is 2.82. The van der Waals surface area contributed by atoms with E-state index in [0.717, 1.165) is 13.1 Å². The summed E-state index contributed by atoms with van der Waals surface area (Å²) in [5, 5.41) is 16.3. The van der Waals surface area contributed by atoms with E-state index in [1.54, 1.807) is 11.3 Å². The number of hydrogen-bond acceptors (Lipinski definition) is 3. The molecule has 1 aromatic heterocycles. The number of nitrogens with zero attached hydrogens (tertiary/aromatic N) is 1. The van der Waals surface area contributed by atoms with Gasteiger partial charge < -0.3 is 5.32 Å². The molecular formula is C11H14N2S. The summed E-state index contributed by atoms with van der Waals surface area (Å²) in [6, 6.07) is 4.42. The standard InChI is InChI=1S/C11H14N2S/c12-5-4-11(2-3-11)9-13-7-10-1-6-14-8-10/h1,6,8,13H,2-4,7,9H2. The fraction of sp³-hybridized carbons (Fsp3) is 0.545. The van der Waals surface area contributed by atoms with Gasteiger partial charge in [-0.1, -0.05) is 0 Å². The van der Waals surface area contributed by atoms with Gasteiger partial charge in [0, 0.05) is 19.5 Å². The zero-order valence-electron chi connectivity index (χ0n) is 8.12. The first-order valence-corrected chi connectivity index (χ1v) is 5.88. The summed E-state index contributed by atoms with van der Waals surface area (Å²) < 4.78 is 0. The van der Waals surface area contributed by atoms with Crippen molar-refractivity contribution in [3.63, 3.8) is 0 Å². The molecule has 0 radical (unpaired) electrons. The minimum absolute atomic E-state index is 0.324. The molecule has 0 spiro atoms. The van der Waals surface area contributed by atoms with E-state index in [1.807, 2.05) is 0 Å². The Bertz CT molecular complexity index is 320. The molecule has 1 aromatic rings. The van der Waals surface area contributed by atoms with Crippen LogP contribution in [-0.2, 0) is 6.54 Å². The van der Waals surface area contributed by atoms with Crippen LogP contribution in [0.4, 0.5) is 0 Å². The Morgan fingerprint density at radius 1 is 1.57 bits per heavy atom. The van der Waals surface area contributed by atoms with Crippen LogP contribution in [-0.4, -0.2) is 6.54 Å². The maximum atomic E-state index is 8.65. The summed E-state index contributed by atoms with van der Waals surface area (Å²) in [5.74, 6) is 0. The number of thiophene rings is 1. The summed E-state index contributed by atoms with van der Waals surface area (Å²) in [5.41, 5.74) is 1.67. The van der Waals surface area contributed by atoms with Crippen LogP contribution >= 0.6 is 11.3 Å². The monoisotopic (exact) mass is 206 g/mol. The molecule has 1 fully saturated rings. The Kier molecular flexibility index (Phi) is 2.85. The molecule has 74 valence electrons. The Hall–Kier alpha value is -0.850. The van der Waals surface area contributed by atoms with E-state index in [4.69, 9.17) is 5.26 Å². The summed E-state index contributed by atoms with van der Waals surface area (Å²) in [6.45, 7) is 1.94. The lowest BCUT2D eigenvalue weighted by molar-refractivity contribution is 0.467. The molecular weight excluding hydrogens is 192 g/mol. The van der Waals surface area contributed by atoms with E-state index in [0.29, 0.717) is 11.8 Å². The van der Waals surface area contributed by atoms with E-state index < -0.39 is 0 Å². The first-order valence-electron chi connectivity index (χ1n) is 4.93. The van der Waals surface area contributed by atoms with Crippen LogP contribution < -0.4 is 5.32 Å². The molecule has 0 saturated heterocycles. The van der Waals surface area contributed by atoms with Crippen molar-refractivity contribution < 1.29 is 0 Å². The molecule has 0 amide bonds. The lowest BCUT2D eigenvalue weighted by Gasteiger charge is -2.11. The Balaban J connectivity index is 1.71. The third kappa shape index (κ3) is 2.34. The minimum atomic E-state index is 0.324. The van der Waals surface area contributed by atoms with Gasteiger partial charge >= 0.3 is 0 Å². The second-order valence-electron chi connectivity index (χ2n) is 4.07. The number of nitriles is 1. The van der Waals surface area contributed by atoms with Gasteiger partial charge in [0.05, 0.1) is 6.07 Å². The molecule has 14 heavy (non-hydrogen) atoms. The largest absolute Gasteiger partial charge is 0.312 e. The van der Waals surface area contributed by atoms with Crippen molar-refractivity contribution in [2.45, 2.75) is 25.8 Å². The molecule has 3 heteroatoms. The maximum Gasteiger partial charge on any atom is 0.0628 e. The first kappa shape index (κ1) is 9.70. The zero-order chi connectivity index (χ0) is 9.86. The highest BCUT2D eigenvalue weighted by molar-refractivity contribution is 7.07. The quantitative estimate of drug-likeness (QED) is 0.803. The highest BCUT2D eigenvalue weighted by Gasteiger charge is 2.41. The van der Waals surface area contributed by atoms with Crippen LogP contribution in [0.1, 0.15) is 24.8 Å². The molecule has 1 aliphatic carbocycles. The van der Waals surface area contributed by atoms with Gasteiger partial charge in [0.1, 0.15) is 0 Å². The molecule has 2 nitrogen and oxygen atoms in total. The van der Waals surface area contributed by atoms with Gasteiger partial charge in [-0.2, -0.15) is 16.6 Å². The van der Waals surface area contributed by atoms with Crippen molar-refractivity contribution in [3.8, 4) is 6.07 Å². The fourth-order valence-corrected chi connectivity index (χ4v) is 2.29. The van der Waals surface area contributed by atoms with Crippen molar-refractivity contribution in [1.29, 1.82) is 5.26 Å². The predicted octanol–water partition coefficient (Wildman–Crippen LogP) is 2.53. The first-order chi connectivity index (χ1) is 6.85. The molecule has 1 aliphatic rings. The molecule has 0 aromatic carbocycles. The van der Waals surface area contributed by atoms with Crippen molar-refractivity contribution in [2.24, 2.45) is 5.41 Å². The zero-order valence-corrected chi connectivity index (χ0v) is 8.94. The number of rotatable bonds is 5. The van der Waals surface area contributed by atoms with E-state index in [9.17, 15) is 0 Å². The molecule has 1 heterocycles. The van der Waals surface area contributed by atoms with Gasteiger partial charge in [-0.25, -0.2) is 0 Å². The van der Waals surface area contributed by atoms with E-state index in [2.05, 4.69) is 28.2 Å². The lowest BCUT2D eigenvalue weighted by atomic mass is 10.0. The summed E-state index contributed by atoms with van der Waals surface area (Å²) in [6.07, 6.45) is 3.15. The topological polar surface area (TPSA) is 35.8 Å². The predicted molar refractivity (Wildman–Crippen MR) is 57.9 cm³/mol. The van der Waals surface area contributed by atoms with Gasteiger partial charge in [0.15, 0.2) is 0 Å². The summed E-state index contributed by atoms with van der Waals surface area (Å²) in [4.78, 5) is 0. The highest BCUT2D eigenvalue weighted by Crippen LogP contribution is 2.47. The SMILES string of the molecule is N#CCC1(CNCc2ccsc2)CC1. The molecule has 0 atom stereocenters. The molecule has 1 saturated carbocycles. The van der Waals surface area contributed by atoms with Crippen LogP contribution in [0.3, 0.4) is 0 Å². The molecule has 2 rings (SSSR count). The van der Waals surface area contributed by atoms with Gasteiger partial charge in [-0.3, -0.25) is 0 Å². The Morgan fingerprint density at radius 2 is 2.43 bits per heavy atom. The number of hydrogen-bond donors (Lipinski definition) is 1. The second kappa shape index (κ2) is 4.12. The average Bonchev–Trinajstić information content (AvgIpc) is 2.75. The summed E-state index contributed by atoms with van der Waals surface area (Å²) >= 11 is 1.73. The fourth-order valence-electron chi connectivity index (χ4n) is 1.63. The van der Waals surface area contributed by atoms with Crippen molar-refractivity contribution in [2.75, 3.05) is 6.54 Å². The van der Waals surface area contributed by atoms with Crippen LogP contribution in [0.5, 0.6) is 0 Å². The van der Waals surface area contributed by atoms with E-state index in [1.165, 1.54) is 18.4 Å². The Morgan fingerprint density at radius 3 is 3.00 bits per heavy atom. The normalized spacial score (nSPS) is 17.6. The second-order valence-corrected chi connectivity index (χ2v) is 4.85. The van der Waals surface area contributed by atoms with E-state index in [-0.39, 0.29) is 0 Å². The van der Waals surface area contributed by atoms with Crippen molar-refractivity contribution in [1.82, 2.24) is 5.32 Å². The van der Waals surface area contributed by atoms with Crippen LogP contribution in [0.15, 0.2) is 16.8 Å². The third-order valence-corrected chi connectivity index (χ3v) is 3.55. The van der Waals surface area contributed by atoms with E-state index >= 15 is 0 Å². The van der Waals surface area contributed by atoms with Gasteiger partial charge in [0.25, 0.3) is 0 Å². The lowest BCUT2D eigenvalue weighted by Crippen LogP contribution is -2.23. The van der Waals surface area contributed by atoms with Gasteiger partial charge in [-0.05, 0) is 40.6 Å². The maximum absolute atomic E-state index is 8.65. The molecule has 0 aliphatic heterocycles. The van der Waals surface area contributed by atoms with Crippen molar-refractivity contribution in [3.05, 3.63) is 22.4 Å². The van der Waals surface area contributed by atoms with Gasteiger partial charge in [0.2, 0.25) is 0 Å². The highest BCUT2D eigenvalue weighted by atomic mass is 32.1. The van der Waals surface area contributed by atoms with Crippen LogP contribution in [0.2, 0.25) is 0 Å². The van der Waals surface area contributed by atoms with Gasteiger partial charge in [-0.15, -0.1) is 0 Å². The smallest absolute Gasteiger partial charge is 0.0628 e. The Labute approximate surface area is 88.6 Å². The average molecular weight is 206 g/mol. The summed E-state index contributed by atoms with van der Waals surface area (Å²) in [7, 11) is 0. The molecule has 0 bridgehead atoms. The molecule has 0 unspecified atom stereocenters. The minimum Gasteiger partial charge on any atom is -0.312 e. The van der Waals surface area contributed by atoms with Crippen LogP contribution in [0, 0.1) is 16.7 Å².